The van der Waals surface area contributed by atoms with Gasteiger partial charge >= 0.3 is 5.97 Å². The lowest BCUT2D eigenvalue weighted by atomic mass is 10.1. The molecule has 0 radical (unpaired) electrons. The molecule has 0 aliphatic carbocycles. The van der Waals surface area contributed by atoms with Crippen LogP contribution in [-0.4, -0.2) is 17.7 Å². The quantitative estimate of drug-likeness (QED) is 0.740. The third-order valence-electron chi connectivity index (χ3n) is 1.83. The molecule has 0 aliphatic heterocycles. The Hall–Kier alpha value is -1.53. The summed E-state index contributed by atoms with van der Waals surface area (Å²) in [4.78, 5) is 14.8. The third kappa shape index (κ3) is 2.71. The zero-order valence-electron chi connectivity index (χ0n) is 7.67. The van der Waals surface area contributed by atoms with Crippen molar-refractivity contribution in [3.8, 4) is 0 Å². The van der Waals surface area contributed by atoms with Crippen LogP contribution in [0.4, 0.5) is 8.78 Å². The minimum atomic E-state index is -1.51. The topological polar surface area (TPSA) is 72.5 Å². The zero-order valence-corrected chi connectivity index (χ0v) is 7.67. The van der Waals surface area contributed by atoms with Crippen LogP contribution in [0.25, 0.3) is 0 Å². The highest BCUT2D eigenvalue weighted by Gasteiger charge is 2.16. The number of halogens is 2. The first kappa shape index (κ1) is 11.5. The van der Waals surface area contributed by atoms with E-state index >= 15 is 0 Å². The van der Waals surface area contributed by atoms with Crippen molar-refractivity contribution < 1.29 is 23.5 Å². The Morgan fingerprint density at radius 3 is 2.67 bits per heavy atom. The van der Waals surface area contributed by atoms with Crippen molar-refractivity contribution in [2.24, 2.45) is 5.90 Å². The summed E-state index contributed by atoms with van der Waals surface area (Å²) in [6.07, 6.45) is 0.216. The van der Waals surface area contributed by atoms with Crippen LogP contribution in [0, 0.1) is 11.6 Å². The number of rotatable bonds is 4. The maximum absolute atomic E-state index is 12.9. The highest BCUT2D eigenvalue weighted by Crippen LogP contribution is 2.15. The van der Waals surface area contributed by atoms with Gasteiger partial charge < -0.3 is 9.94 Å². The van der Waals surface area contributed by atoms with E-state index in [-0.39, 0.29) is 13.0 Å². The molecule has 0 aliphatic rings. The van der Waals surface area contributed by atoms with Crippen LogP contribution < -0.4 is 5.90 Å². The minimum Gasteiger partial charge on any atom is -0.478 e. The van der Waals surface area contributed by atoms with Crippen molar-refractivity contribution in [3.63, 3.8) is 0 Å². The molecule has 4 nitrogen and oxygen atoms in total. The molecule has 0 amide bonds. The molecule has 15 heavy (non-hydrogen) atoms. The van der Waals surface area contributed by atoms with Gasteiger partial charge in [0, 0.05) is 0 Å². The molecule has 3 N–H and O–H groups in total. The van der Waals surface area contributed by atoms with Crippen molar-refractivity contribution in [1.82, 2.24) is 0 Å². The summed E-state index contributed by atoms with van der Waals surface area (Å²) in [5, 5.41) is 8.58. The van der Waals surface area contributed by atoms with E-state index in [1.165, 1.54) is 0 Å². The van der Waals surface area contributed by atoms with E-state index in [1.807, 2.05) is 0 Å². The smallest absolute Gasteiger partial charge is 0.338 e. The highest BCUT2D eigenvalue weighted by molar-refractivity contribution is 5.88. The van der Waals surface area contributed by atoms with Crippen molar-refractivity contribution in [2.45, 2.75) is 6.42 Å². The first-order valence-corrected chi connectivity index (χ1v) is 4.09. The maximum atomic E-state index is 12.9. The molecular weight excluding hydrogens is 208 g/mol. The van der Waals surface area contributed by atoms with Crippen LogP contribution >= 0.6 is 0 Å². The van der Waals surface area contributed by atoms with Crippen LogP contribution in [0.15, 0.2) is 12.1 Å². The summed E-state index contributed by atoms with van der Waals surface area (Å²) in [7, 11) is 0. The molecule has 0 saturated carbocycles. The molecule has 1 aromatic rings. The molecule has 0 bridgehead atoms. The SMILES string of the molecule is NOCCc1cc(F)c(F)c(C(=O)O)c1. The second-order valence-corrected chi connectivity index (χ2v) is 2.87. The van der Waals surface area contributed by atoms with Gasteiger partial charge in [0.25, 0.3) is 0 Å². The second-order valence-electron chi connectivity index (χ2n) is 2.87. The number of aromatic carboxylic acids is 1. The van der Waals surface area contributed by atoms with Crippen molar-refractivity contribution in [2.75, 3.05) is 6.61 Å². The molecule has 0 spiro atoms. The first-order chi connectivity index (χ1) is 7.06. The summed E-state index contributed by atoms with van der Waals surface area (Å²) >= 11 is 0. The lowest BCUT2D eigenvalue weighted by molar-refractivity contribution is 0.0690. The van der Waals surface area contributed by atoms with E-state index in [9.17, 15) is 13.6 Å². The van der Waals surface area contributed by atoms with Crippen molar-refractivity contribution in [1.29, 1.82) is 0 Å². The fourth-order valence-electron chi connectivity index (χ4n) is 1.12. The number of hydrogen-bond acceptors (Lipinski definition) is 3. The summed E-state index contributed by atoms with van der Waals surface area (Å²) in [5.74, 6) is 0.692. The molecule has 0 heterocycles. The number of benzene rings is 1. The van der Waals surface area contributed by atoms with E-state index < -0.39 is 23.2 Å². The Bertz CT molecular complexity index is 382. The molecule has 0 fully saturated rings. The van der Waals surface area contributed by atoms with Crippen molar-refractivity contribution >= 4 is 5.97 Å². The Morgan fingerprint density at radius 1 is 1.47 bits per heavy atom. The monoisotopic (exact) mass is 217 g/mol. The van der Waals surface area contributed by atoms with Gasteiger partial charge in [-0.25, -0.2) is 19.5 Å². The molecule has 82 valence electrons. The average molecular weight is 217 g/mol. The van der Waals surface area contributed by atoms with E-state index in [1.54, 1.807) is 0 Å². The van der Waals surface area contributed by atoms with E-state index in [4.69, 9.17) is 11.0 Å². The number of carbonyl (C=O) groups is 1. The van der Waals surface area contributed by atoms with Gasteiger partial charge in [-0.1, -0.05) is 0 Å². The van der Waals surface area contributed by atoms with Crippen LogP contribution in [0.2, 0.25) is 0 Å². The van der Waals surface area contributed by atoms with Crippen LogP contribution in [0.5, 0.6) is 0 Å². The summed E-state index contributed by atoms with van der Waals surface area (Å²) in [6.45, 7) is 0.101. The predicted octanol–water partition coefficient (Wildman–Crippen LogP) is 1.10. The molecule has 0 unspecified atom stereocenters. The molecule has 0 saturated heterocycles. The predicted molar refractivity (Wildman–Crippen MR) is 47.2 cm³/mol. The van der Waals surface area contributed by atoms with Gasteiger partial charge in [-0.3, -0.25) is 0 Å². The fraction of sp³-hybridized carbons (Fsp3) is 0.222. The normalized spacial score (nSPS) is 10.3. The molecular formula is C9H9F2NO3. The molecule has 1 rings (SSSR count). The Morgan fingerprint density at radius 2 is 2.13 bits per heavy atom. The third-order valence-corrected chi connectivity index (χ3v) is 1.83. The molecule has 0 atom stereocenters. The molecule has 0 aromatic heterocycles. The number of nitrogens with two attached hydrogens (primary N) is 1. The lowest BCUT2D eigenvalue weighted by Gasteiger charge is -2.04. The largest absolute Gasteiger partial charge is 0.478 e. The standard InChI is InChI=1S/C9H9F2NO3/c10-7-4-5(1-2-15-12)3-6(8(7)11)9(13)14/h3-4H,1-2,12H2,(H,13,14). The van der Waals surface area contributed by atoms with Crippen LogP contribution in [-0.2, 0) is 11.3 Å². The Balaban J connectivity index is 3.06. The van der Waals surface area contributed by atoms with Gasteiger partial charge in [0.2, 0.25) is 0 Å². The van der Waals surface area contributed by atoms with E-state index in [2.05, 4.69) is 4.84 Å². The van der Waals surface area contributed by atoms with E-state index in [0.29, 0.717) is 5.56 Å². The zero-order chi connectivity index (χ0) is 11.4. The second kappa shape index (κ2) is 4.81. The van der Waals surface area contributed by atoms with E-state index in [0.717, 1.165) is 12.1 Å². The van der Waals surface area contributed by atoms with Crippen LogP contribution in [0.3, 0.4) is 0 Å². The maximum Gasteiger partial charge on any atom is 0.338 e. The number of hydrogen-bond donors (Lipinski definition) is 2. The molecule has 1 aromatic carbocycles. The van der Waals surface area contributed by atoms with Gasteiger partial charge in [0.05, 0.1) is 12.2 Å². The highest BCUT2D eigenvalue weighted by atomic mass is 19.2. The lowest BCUT2D eigenvalue weighted by Crippen LogP contribution is -2.08. The fourth-order valence-corrected chi connectivity index (χ4v) is 1.12. The van der Waals surface area contributed by atoms with Crippen LogP contribution in [0.1, 0.15) is 15.9 Å². The Labute approximate surface area is 84.2 Å². The average Bonchev–Trinajstić information content (AvgIpc) is 2.19. The van der Waals surface area contributed by atoms with Gasteiger partial charge in [-0.05, 0) is 24.1 Å². The Kier molecular flexibility index (Phi) is 3.70. The first-order valence-electron chi connectivity index (χ1n) is 4.09. The summed E-state index contributed by atoms with van der Waals surface area (Å²) < 4.78 is 25.9. The number of carboxylic acid groups (broad SMARTS) is 1. The van der Waals surface area contributed by atoms with Gasteiger partial charge in [0.15, 0.2) is 11.6 Å². The summed E-state index contributed by atoms with van der Waals surface area (Å²) in [5.41, 5.74) is -0.376. The van der Waals surface area contributed by atoms with Gasteiger partial charge in [0.1, 0.15) is 0 Å². The number of carboxylic acids is 1. The summed E-state index contributed by atoms with van der Waals surface area (Å²) in [6, 6.07) is 1.97. The van der Waals surface area contributed by atoms with Gasteiger partial charge in [-0.2, -0.15) is 0 Å². The van der Waals surface area contributed by atoms with Crippen molar-refractivity contribution in [3.05, 3.63) is 34.9 Å². The minimum absolute atomic E-state index is 0.101. The van der Waals surface area contributed by atoms with Gasteiger partial charge in [-0.15, -0.1) is 0 Å². The molecule has 6 heteroatoms.